The second-order valence-electron chi connectivity index (χ2n) is 3.33. The van der Waals surface area contributed by atoms with Gasteiger partial charge in [-0.2, -0.15) is 4.98 Å². The van der Waals surface area contributed by atoms with E-state index in [1.807, 2.05) is 24.3 Å². The Morgan fingerprint density at radius 2 is 2.19 bits per heavy atom. The number of rotatable bonds is 2. The first-order chi connectivity index (χ1) is 7.70. The highest BCUT2D eigenvalue weighted by molar-refractivity contribution is 9.10. The van der Waals surface area contributed by atoms with Gasteiger partial charge in [-0.1, -0.05) is 0 Å². The van der Waals surface area contributed by atoms with Crippen LogP contribution in [0.2, 0.25) is 0 Å². The van der Waals surface area contributed by atoms with Crippen LogP contribution in [-0.2, 0) is 4.74 Å². The van der Waals surface area contributed by atoms with Gasteiger partial charge in [-0.05, 0) is 25.1 Å². The zero-order chi connectivity index (χ0) is 11.5. The predicted octanol–water partition coefficient (Wildman–Crippen LogP) is 2.59. The number of ether oxygens (including phenoxy) is 1. The number of fused-ring (bicyclic) bond motifs is 1. The summed E-state index contributed by atoms with van der Waals surface area (Å²) >= 11 is 3.36. The molecule has 0 saturated carbocycles. The van der Waals surface area contributed by atoms with E-state index in [0.29, 0.717) is 12.2 Å². The van der Waals surface area contributed by atoms with Gasteiger partial charge in [0.1, 0.15) is 0 Å². The number of aromatic nitrogens is 1. The number of hydrogen-bond donors (Lipinski definition) is 0. The van der Waals surface area contributed by atoms with Crippen molar-refractivity contribution in [3.8, 4) is 0 Å². The summed E-state index contributed by atoms with van der Waals surface area (Å²) in [6.45, 7) is 2.19. The zero-order valence-electron chi connectivity index (χ0n) is 8.79. The SMILES string of the molecule is CCOC(=O)c1ccc2[nH+]c(Br)ccc2c1. The van der Waals surface area contributed by atoms with E-state index >= 15 is 0 Å². The Labute approximate surface area is 102 Å². The van der Waals surface area contributed by atoms with Crippen LogP contribution in [0, 0.1) is 0 Å². The molecule has 0 aliphatic rings. The third-order valence-electron chi connectivity index (χ3n) is 2.23. The molecule has 2 rings (SSSR count). The number of pyridine rings is 1. The maximum atomic E-state index is 11.5. The molecule has 0 atom stereocenters. The van der Waals surface area contributed by atoms with Gasteiger partial charge >= 0.3 is 5.97 Å². The van der Waals surface area contributed by atoms with Crippen molar-refractivity contribution in [3.05, 3.63) is 40.5 Å². The van der Waals surface area contributed by atoms with Gasteiger partial charge in [0.05, 0.1) is 12.2 Å². The molecule has 1 heterocycles. The number of H-pyrrole nitrogens is 1. The molecule has 0 bridgehead atoms. The van der Waals surface area contributed by atoms with Gasteiger partial charge in [0.2, 0.25) is 10.1 Å². The summed E-state index contributed by atoms with van der Waals surface area (Å²) < 4.78 is 5.85. The average molecular weight is 281 g/mol. The summed E-state index contributed by atoms with van der Waals surface area (Å²) in [5.74, 6) is -0.285. The Balaban J connectivity index is 2.44. The van der Waals surface area contributed by atoms with Crippen LogP contribution in [0.4, 0.5) is 0 Å². The van der Waals surface area contributed by atoms with Gasteiger partial charge in [-0.3, -0.25) is 0 Å². The highest BCUT2D eigenvalue weighted by atomic mass is 79.9. The van der Waals surface area contributed by atoms with E-state index in [9.17, 15) is 4.79 Å². The fourth-order valence-electron chi connectivity index (χ4n) is 1.49. The van der Waals surface area contributed by atoms with Gasteiger partial charge in [-0.15, -0.1) is 0 Å². The molecular weight excluding hydrogens is 270 g/mol. The molecule has 1 N–H and O–H groups in total. The van der Waals surface area contributed by atoms with Gasteiger partial charge in [-0.25, -0.2) is 4.79 Å². The van der Waals surface area contributed by atoms with Crippen LogP contribution in [0.25, 0.3) is 10.9 Å². The summed E-state index contributed by atoms with van der Waals surface area (Å²) in [6, 6.07) is 9.28. The van der Waals surface area contributed by atoms with E-state index in [0.717, 1.165) is 15.5 Å². The van der Waals surface area contributed by atoms with Gasteiger partial charge in [0.15, 0.2) is 0 Å². The molecule has 0 spiro atoms. The standard InChI is InChI=1S/C12H10BrNO2/c1-2-16-12(15)9-3-5-10-8(7-9)4-6-11(13)14-10/h3-7H,2H2,1H3/p+1. The van der Waals surface area contributed by atoms with Crippen molar-refractivity contribution in [3.63, 3.8) is 0 Å². The molecule has 4 heteroatoms. The van der Waals surface area contributed by atoms with Crippen molar-refractivity contribution in [1.82, 2.24) is 0 Å². The monoisotopic (exact) mass is 280 g/mol. The van der Waals surface area contributed by atoms with Gasteiger partial charge < -0.3 is 4.74 Å². The van der Waals surface area contributed by atoms with Gasteiger partial charge in [0, 0.05) is 33.4 Å². The highest BCUT2D eigenvalue weighted by Crippen LogP contribution is 2.14. The van der Waals surface area contributed by atoms with E-state index in [-0.39, 0.29) is 5.97 Å². The molecule has 0 radical (unpaired) electrons. The quantitative estimate of drug-likeness (QED) is 0.627. The number of nitrogens with one attached hydrogen (secondary N) is 1. The number of carbonyl (C=O) groups is 1. The second-order valence-corrected chi connectivity index (χ2v) is 4.18. The molecule has 82 valence electrons. The van der Waals surface area contributed by atoms with Gasteiger partial charge in [0.25, 0.3) is 0 Å². The highest BCUT2D eigenvalue weighted by Gasteiger charge is 2.09. The van der Waals surface area contributed by atoms with Crippen molar-refractivity contribution >= 4 is 32.8 Å². The zero-order valence-corrected chi connectivity index (χ0v) is 10.4. The number of aromatic amines is 1. The Bertz CT molecular complexity index is 540. The van der Waals surface area contributed by atoms with E-state index in [1.165, 1.54) is 0 Å². The number of benzene rings is 1. The molecule has 3 nitrogen and oxygen atoms in total. The van der Waals surface area contributed by atoms with Crippen LogP contribution < -0.4 is 4.98 Å². The maximum Gasteiger partial charge on any atom is 0.338 e. The number of carbonyl (C=O) groups excluding carboxylic acids is 1. The summed E-state index contributed by atoms with van der Waals surface area (Å²) in [7, 11) is 0. The summed E-state index contributed by atoms with van der Waals surface area (Å²) in [4.78, 5) is 14.7. The van der Waals surface area contributed by atoms with E-state index in [4.69, 9.17) is 4.74 Å². The summed E-state index contributed by atoms with van der Waals surface area (Å²) in [5, 5.41) is 0.980. The first kappa shape index (κ1) is 11.1. The third-order valence-corrected chi connectivity index (χ3v) is 2.69. The first-order valence-corrected chi connectivity index (χ1v) is 5.78. The number of esters is 1. The largest absolute Gasteiger partial charge is 0.462 e. The van der Waals surface area contributed by atoms with Crippen LogP contribution in [0.1, 0.15) is 17.3 Å². The summed E-state index contributed by atoms with van der Waals surface area (Å²) in [5.41, 5.74) is 1.55. The minimum Gasteiger partial charge on any atom is -0.462 e. The second kappa shape index (κ2) is 4.61. The first-order valence-electron chi connectivity index (χ1n) is 4.99. The van der Waals surface area contributed by atoms with Crippen molar-refractivity contribution in [2.45, 2.75) is 6.92 Å². The fraction of sp³-hybridized carbons (Fsp3) is 0.167. The minimum absolute atomic E-state index is 0.285. The molecule has 2 aromatic rings. The Morgan fingerprint density at radius 1 is 1.38 bits per heavy atom. The normalized spacial score (nSPS) is 10.4. The lowest BCUT2D eigenvalue weighted by Crippen LogP contribution is -2.08. The molecule has 0 aliphatic carbocycles. The average Bonchev–Trinajstić information content (AvgIpc) is 2.28. The minimum atomic E-state index is -0.285. The van der Waals surface area contributed by atoms with Crippen LogP contribution >= 0.6 is 15.9 Å². The third kappa shape index (κ3) is 2.22. The lowest BCUT2D eigenvalue weighted by molar-refractivity contribution is -0.359. The van der Waals surface area contributed by atoms with Crippen LogP contribution in [0.5, 0.6) is 0 Å². The predicted molar refractivity (Wildman–Crippen MR) is 64.2 cm³/mol. The summed E-state index contributed by atoms with van der Waals surface area (Å²) in [6.07, 6.45) is 0. The van der Waals surface area contributed by atoms with Crippen molar-refractivity contribution < 1.29 is 14.5 Å². The fourth-order valence-corrected chi connectivity index (χ4v) is 1.83. The molecule has 1 aromatic carbocycles. The van der Waals surface area contributed by atoms with Crippen LogP contribution in [0.3, 0.4) is 0 Å². The molecule has 0 saturated heterocycles. The van der Waals surface area contributed by atoms with E-state index in [2.05, 4.69) is 20.9 Å². The molecule has 0 aliphatic heterocycles. The number of halogens is 1. The molecule has 16 heavy (non-hydrogen) atoms. The van der Waals surface area contributed by atoms with Crippen molar-refractivity contribution in [1.29, 1.82) is 0 Å². The Kier molecular flexibility index (Phi) is 3.19. The molecular formula is C12H11BrNO2+. The molecule has 0 unspecified atom stereocenters. The maximum absolute atomic E-state index is 11.5. The van der Waals surface area contributed by atoms with E-state index < -0.39 is 0 Å². The lowest BCUT2D eigenvalue weighted by atomic mass is 10.1. The molecule has 0 fully saturated rings. The Hall–Kier alpha value is -1.42. The van der Waals surface area contributed by atoms with Crippen molar-refractivity contribution in [2.75, 3.05) is 6.61 Å². The smallest absolute Gasteiger partial charge is 0.338 e. The molecule has 1 aromatic heterocycles. The number of hydrogen-bond acceptors (Lipinski definition) is 2. The van der Waals surface area contributed by atoms with Crippen molar-refractivity contribution in [2.24, 2.45) is 0 Å². The topological polar surface area (TPSA) is 40.4 Å². The van der Waals surface area contributed by atoms with E-state index in [1.54, 1.807) is 13.0 Å². The van der Waals surface area contributed by atoms with Crippen LogP contribution in [-0.4, -0.2) is 12.6 Å². The Morgan fingerprint density at radius 3 is 2.94 bits per heavy atom. The van der Waals surface area contributed by atoms with Crippen LogP contribution in [0.15, 0.2) is 34.9 Å². The molecule has 0 amide bonds. The lowest BCUT2D eigenvalue weighted by Gasteiger charge is -2.01.